The third kappa shape index (κ3) is 5.11. The van der Waals surface area contributed by atoms with Gasteiger partial charge in [-0.25, -0.2) is 0 Å². The number of carbonyl (C=O) groups excluding carboxylic acids is 1. The number of nitrogens with one attached hydrogen (secondary N) is 1. The Morgan fingerprint density at radius 2 is 1.79 bits per heavy atom. The van der Waals surface area contributed by atoms with Crippen LogP contribution in [0.15, 0.2) is 36.4 Å². The Bertz CT molecular complexity index is 580. The number of amides is 1. The first kappa shape index (κ1) is 18.0. The van der Waals surface area contributed by atoms with Crippen LogP contribution in [0.5, 0.6) is 5.75 Å². The molecule has 0 saturated heterocycles. The molecule has 0 saturated carbocycles. The van der Waals surface area contributed by atoms with Crippen molar-refractivity contribution in [2.24, 2.45) is 11.8 Å². The Balaban J connectivity index is 1.89. The monoisotopic (exact) mass is 331 g/mol. The van der Waals surface area contributed by atoms with Crippen LogP contribution < -0.4 is 10.1 Å². The molecule has 2 N–H and O–H groups in total. The molecule has 0 radical (unpaired) electrons. The molecule has 5 nitrogen and oxygen atoms in total. The lowest BCUT2D eigenvalue weighted by Crippen LogP contribution is -2.34. The van der Waals surface area contributed by atoms with Crippen LogP contribution in [0.2, 0.25) is 0 Å². The Morgan fingerprint density at radius 3 is 2.42 bits per heavy atom. The van der Waals surface area contributed by atoms with Crippen LogP contribution in [0, 0.1) is 11.8 Å². The molecule has 0 heterocycles. The van der Waals surface area contributed by atoms with Crippen molar-refractivity contribution in [3.05, 3.63) is 36.4 Å². The molecule has 0 spiro atoms. The van der Waals surface area contributed by atoms with Crippen molar-refractivity contribution >= 4 is 17.6 Å². The Hall–Kier alpha value is -2.30. The number of unbranched alkanes of at least 4 members (excludes halogenated alkanes) is 2. The molecular weight excluding hydrogens is 306 g/mol. The van der Waals surface area contributed by atoms with Gasteiger partial charge in [-0.2, -0.15) is 0 Å². The summed E-state index contributed by atoms with van der Waals surface area (Å²) in [5.41, 5.74) is 0.652. The average Bonchev–Trinajstić information content (AvgIpc) is 2.60. The average molecular weight is 331 g/mol. The van der Waals surface area contributed by atoms with E-state index in [-0.39, 0.29) is 5.91 Å². The standard InChI is InChI=1S/C19H25NO4/c1-2-3-6-13-24-15-11-9-14(10-12-15)20-18(21)16-7-4-5-8-17(16)19(22)23/h4-5,9-12,16-17H,2-3,6-8,13H2,1H3,(H,20,21)(H,22,23)/t16-,17-/m1/s1. The number of rotatable bonds is 8. The normalized spacial score (nSPS) is 19.7. The van der Waals surface area contributed by atoms with Crippen LogP contribution in [0.3, 0.4) is 0 Å². The van der Waals surface area contributed by atoms with Crippen molar-refractivity contribution in [3.63, 3.8) is 0 Å². The molecule has 1 aromatic carbocycles. The number of benzene rings is 1. The van der Waals surface area contributed by atoms with Gasteiger partial charge in [0.15, 0.2) is 0 Å². The predicted octanol–water partition coefficient (Wildman–Crippen LogP) is 3.86. The van der Waals surface area contributed by atoms with Crippen LogP contribution in [0.4, 0.5) is 5.69 Å². The first-order valence-corrected chi connectivity index (χ1v) is 8.53. The lowest BCUT2D eigenvalue weighted by Gasteiger charge is -2.24. The molecule has 130 valence electrons. The van der Waals surface area contributed by atoms with Crippen molar-refractivity contribution < 1.29 is 19.4 Å². The topological polar surface area (TPSA) is 75.6 Å². The van der Waals surface area contributed by atoms with E-state index in [1.807, 2.05) is 24.3 Å². The Labute approximate surface area is 142 Å². The third-order valence-corrected chi connectivity index (χ3v) is 4.22. The second-order valence-electron chi connectivity index (χ2n) is 6.06. The fraction of sp³-hybridized carbons (Fsp3) is 0.474. The number of hydrogen-bond donors (Lipinski definition) is 2. The number of hydrogen-bond acceptors (Lipinski definition) is 3. The fourth-order valence-corrected chi connectivity index (χ4v) is 2.79. The van der Waals surface area contributed by atoms with Gasteiger partial charge in [0.2, 0.25) is 5.91 Å². The number of carboxylic acids is 1. The summed E-state index contributed by atoms with van der Waals surface area (Å²) in [4.78, 5) is 23.7. The predicted molar refractivity (Wildman–Crippen MR) is 93.1 cm³/mol. The van der Waals surface area contributed by atoms with Gasteiger partial charge in [0.25, 0.3) is 0 Å². The SMILES string of the molecule is CCCCCOc1ccc(NC(=O)[C@@H]2CC=CC[C@H]2C(=O)O)cc1. The van der Waals surface area contributed by atoms with E-state index in [9.17, 15) is 14.7 Å². The highest BCUT2D eigenvalue weighted by molar-refractivity contribution is 5.95. The summed E-state index contributed by atoms with van der Waals surface area (Å²) < 4.78 is 5.63. The van der Waals surface area contributed by atoms with Gasteiger partial charge in [0.1, 0.15) is 5.75 Å². The van der Waals surface area contributed by atoms with E-state index in [1.54, 1.807) is 12.1 Å². The zero-order valence-electron chi connectivity index (χ0n) is 14.0. The minimum Gasteiger partial charge on any atom is -0.494 e. The van der Waals surface area contributed by atoms with Gasteiger partial charge in [-0.15, -0.1) is 0 Å². The molecule has 1 aromatic rings. The van der Waals surface area contributed by atoms with Crippen molar-refractivity contribution in [1.29, 1.82) is 0 Å². The van der Waals surface area contributed by atoms with Gasteiger partial charge >= 0.3 is 5.97 Å². The smallest absolute Gasteiger partial charge is 0.307 e. The first-order chi connectivity index (χ1) is 11.6. The highest BCUT2D eigenvalue weighted by Crippen LogP contribution is 2.27. The Morgan fingerprint density at radius 1 is 1.12 bits per heavy atom. The van der Waals surface area contributed by atoms with Crippen LogP contribution in [-0.2, 0) is 9.59 Å². The van der Waals surface area contributed by atoms with Crippen molar-refractivity contribution in [3.8, 4) is 5.75 Å². The summed E-state index contributed by atoms with van der Waals surface area (Å²) in [6, 6.07) is 7.19. The zero-order valence-corrected chi connectivity index (χ0v) is 14.0. The molecule has 0 bridgehead atoms. The summed E-state index contributed by atoms with van der Waals surface area (Å²) in [6.45, 7) is 2.84. The van der Waals surface area contributed by atoms with E-state index in [2.05, 4.69) is 12.2 Å². The Kier molecular flexibility index (Phi) is 6.85. The number of carboxylic acid groups (broad SMARTS) is 1. The van der Waals surface area contributed by atoms with Gasteiger partial charge < -0.3 is 15.2 Å². The molecule has 0 fully saturated rings. The van der Waals surface area contributed by atoms with Gasteiger partial charge in [-0.05, 0) is 43.5 Å². The maximum absolute atomic E-state index is 12.4. The molecule has 0 unspecified atom stereocenters. The van der Waals surface area contributed by atoms with Gasteiger partial charge in [0, 0.05) is 5.69 Å². The highest BCUT2D eigenvalue weighted by Gasteiger charge is 2.33. The quantitative estimate of drug-likeness (QED) is 0.560. The molecule has 0 aliphatic heterocycles. The minimum atomic E-state index is -0.921. The number of anilines is 1. The number of carbonyl (C=O) groups is 2. The van der Waals surface area contributed by atoms with E-state index < -0.39 is 17.8 Å². The van der Waals surface area contributed by atoms with Crippen LogP contribution >= 0.6 is 0 Å². The maximum Gasteiger partial charge on any atom is 0.307 e. The van der Waals surface area contributed by atoms with Gasteiger partial charge in [-0.1, -0.05) is 31.9 Å². The fourth-order valence-electron chi connectivity index (χ4n) is 2.79. The van der Waals surface area contributed by atoms with E-state index in [1.165, 1.54) is 0 Å². The second-order valence-corrected chi connectivity index (χ2v) is 6.06. The highest BCUT2D eigenvalue weighted by atomic mass is 16.5. The largest absolute Gasteiger partial charge is 0.494 e. The zero-order chi connectivity index (χ0) is 17.4. The summed E-state index contributed by atoms with van der Waals surface area (Å²) in [6.07, 6.45) is 7.89. The second kappa shape index (κ2) is 9.11. The third-order valence-electron chi connectivity index (χ3n) is 4.22. The lowest BCUT2D eigenvalue weighted by atomic mass is 9.82. The van der Waals surface area contributed by atoms with Crippen LogP contribution in [-0.4, -0.2) is 23.6 Å². The van der Waals surface area contributed by atoms with Crippen molar-refractivity contribution in [2.45, 2.75) is 39.0 Å². The van der Waals surface area contributed by atoms with Gasteiger partial charge in [-0.3, -0.25) is 9.59 Å². The molecule has 24 heavy (non-hydrogen) atoms. The summed E-state index contributed by atoms with van der Waals surface area (Å²) in [5, 5.41) is 12.1. The molecule has 5 heteroatoms. The summed E-state index contributed by atoms with van der Waals surface area (Å²) >= 11 is 0. The molecule has 1 amide bonds. The van der Waals surface area contributed by atoms with E-state index >= 15 is 0 Å². The van der Waals surface area contributed by atoms with Gasteiger partial charge in [0.05, 0.1) is 18.4 Å². The lowest BCUT2D eigenvalue weighted by molar-refractivity contribution is -0.146. The van der Waals surface area contributed by atoms with Crippen molar-refractivity contribution in [1.82, 2.24) is 0 Å². The molecule has 1 aliphatic rings. The van der Waals surface area contributed by atoms with Crippen molar-refractivity contribution in [2.75, 3.05) is 11.9 Å². The maximum atomic E-state index is 12.4. The van der Waals surface area contributed by atoms with E-state index in [4.69, 9.17) is 4.74 Å². The minimum absolute atomic E-state index is 0.247. The molecule has 2 rings (SSSR count). The number of ether oxygens (including phenoxy) is 1. The van der Waals surface area contributed by atoms with Crippen LogP contribution in [0.1, 0.15) is 39.0 Å². The molecule has 1 aliphatic carbocycles. The van der Waals surface area contributed by atoms with E-state index in [0.29, 0.717) is 25.1 Å². The summed E-state index contributed by atoms with van der Waals surface area (Å²) in [5.74, 6) is -1.58. The number of allylic oxidation sites excluding steroid dienone is 2. The molecule has 0 aromatic heterocycles. The molecular formula is C19H25NO4. The van der Waals surface area contributed by atoms with E-state index in [0.717, 1.165) is 25.0 Å². The molecule has 2 atom stereocenters. The van der Waals surface area contributed by atoms with Crippen LogP contribution in [0.25, 0.3) is 0 Å². The number of aliphatic carboxylic acids is 1. The summed E-state index contributed by atoms with van der Waals surface area (Å²) in [7, 11) is 0. The first-order valence-electron chi connectivity index (χ1n) is 8.53.